The zero-order valence-corrected chi connectivity index (χ0v) is 21.1. The maximum absolute atomic E-state index is 13.0. The van der Waals surface area contributed by atoms with Crippen LogP contribution >= 0.6 is 34.5 Å². The van der Waals surface area contributed by atoms with E-state index in [2.05, 4.69) is 14.8 Å². The fraction of sp³-hybridized carbons (Fsp3) is 0.261. The van der Waals surface area contributed by atoms with E-state index in [0.717, 1.165) is 4.88 Å². The molecule has 8 nitrogen and oxygen atoms in total. The molecule has 0 unspecified atom stereocenters. The lowest BCUT2D eigenvalue weighted by Crippen LogP contribution is -2.28. The van der Waals surface area contributed by atoms with Crippen molar-refractivity contribution in [1.82, 2.24) is 18.7 Å². The number of nitrogens with one attached hydrogen (secondary N) is 1. The van der Waals surface area contributed by atoms with Gasteiger partial charge in [-0.25, -0.2) is 4.37 Å². The van der Waals surface area contributed by atoms with Crippen LogP contribution in [-0.4, -0.2) is 30.4 Å². The molecule has 176 valence electrons. The minimum absolute atomic E-state index is 0.0787. The second-order valence-electron chi connectivity index (χ2n) is 8.66. The lowest BCUT2D eigenvalue weighted by Gasteiger charge is -2.18. The van der Waals surface area contributed by atoms with Crippen LogP contribution in [0.2, 0.25) is 4.34 Å². The quantitative estimate of drug-likeness (QED) is 0.345. The summed E-state index contributed by atoms with van der Waals surface area (Å²) in [6, 6.07) is 8.59. The first kappa shape index (κ1) is 24.1. The van der Waals surface area contributed by atoms with Crippen LogP contribution in [0.5, 0.6) is 0 Å². The molecule has 0 fully saturated rings. The molecule has 0 aliphatic heterocycles. The van der Waals surface area contributed by atoms with Gasteiger partial charge in [-0.15, -0.1) is 11.3 Å². The van der Waals surface area contributed by atoms with Crippen LogP contribution in [0.3, 0.4) is 0 Å². The third kappa shape index (κ3) is 5.35. The summed E-state index contributed by atoms with van der Waals surface area (Å²) < 4.78 is 7.28. The van der Waals surface area contributed by atoms with Crippen molar-refractivity contribution in [1.29, 1.82) is 0 Å². The molecule has 0 radical (unpaired) electrons. The van der Waals surface area contributed by atoms with Gasteiger partial charge in [0.1, 0.15) is 5.82 Å². The van der Waals surface area contributed by atoms with E-state index in [1.54, 1.807) is 23.7 Å². The molecule has 0 spiro atoms. The first-order chi connectivity index (χ1) is 16.1. The standard InChI is InChI=1S/C23H22ClN5O3S2/c1-23(2,3)22(32)29-20(25-11-16-4-5-19(24)34-16)9-17(27-29)14-6-7-28(21(31)8-14)12-18(30)15-10-26-33-13-15/h4-10,13,25H,11-12H2,1-3H3. The van der Waals surface area contributed by atoms with E-state index in [1.165, 1.54) is 44.4 Å². The Bertz CT molecular complexity index is 1400. The van der Waals surface area contributed by atoms with Gasteiger partial charge in [0, 0.05) is 39.6 Å². The monoisotopic (exact) mass is 515 g/mol. The summed E-state index contributed by atoms with van der Waals surface area (Å²) >= 11 is 8.66. The third-order valence-corrected chi connectivity index (χ3v) is 6.79. The molecule has 0 aliphatic carbocycles. The van der Waals surface area contributed by atoms with Crippen LogP contribution in [0.15, 0.2) is 52.9 Å². The molecule has 0 saturated carbocycles. The number of anilines is 1. The zero-order valence-electron chi connectivity index (χ0n) is 18.7. The molecule has 4 aromatic rings. The molecule has 4 rings (SSSR count). The van der Waals surface area contributed by atoms with Crippen LogP contribution in [0.4, 0.5) is 5.82 Å². The molecule has 0 saturated heterocycles. The molecule has 0 amide bonds. The smallest absolute Gasteiger partial charge is 0.254 e. The van der Waals surface area contributed by atoms with Crippen molar-refractivity contribution in [3.8, 4) is 11.3 Å². The lowest BCUT2D eigenvalue weighted by atomic mass is 9.96. The van der Waals surface area contributed by atoms with Gasteiger partial charge in [0.25, 0.3) is 11.5 Å². The van der Waals surface area contributed by atoms with E-state index < -0.39 is 5.41 Å². The zero-order chi connectivity index (χ0) is 24.5. The lowest BCUT2D eigenvalue weighted by molar-refractivity contribution is 0.0752. The van der Waals surface area contributed by atoms with Gasteiger partial charge in [0.15, 0.2) is 5.78 Å². The molecule has 0 aromatic carbocycles. The second-order valence-corrected chi connectivity index (χ2v) is 11.1. The van der Waals surface area contributed by atoms with Crippen molar-refractivity contribution in [2.24, 2.45) is 5.41 Å². The molecule has 4 heterocycles. The number of hydrogen-bond acceptors (Lipinski definition) is 8. The maximum atomic E-state index is 13.0. The molecule has 11 heteroatoms. The summed E-state index contributed by atoms with van der Waals surface area (Å²) in [6.07, 6.45) is 3.05. The Morgan fingerprint density at radius 2 is 1.97 bits per heavy atom. The van der Waals surface area contributed by atoms with E-state index >= 15 is 0 Å². The van der Waals surface area contributed by atoms with Crippen molar-refractivity contribution < 1.29 is 9.59 Å². The Kier molecular flexibility index (Phi) is 6.83. The topological polar surface area (TPSA) is 98.9 Å². The highest BCUT2D eigenvalue weighted by atomic mass is 35.5. The predicted molar refractivity (Wildman–Crippen MR) is 135 cm³/mol. The van der Waals surface area contributed by atoms with Crippen LogP contribution < -0.4 is 10.9 Å². The highest BCUT2D eigenvalue weighted by Crippen LogP contribution is 2.27. The second kappa shape index (κ2) is 9.65. The van der Waals surface area contributed by atoms with E-state index in [0.29, 0.717) is 33.5 Å². The number of thiophene rings is 1. The Morgan fingerprint density at radius 3 is 2.59 bits per heavy atom. The summed E-state index contributed by atoms with van der Waals surface area (Å²) in [5, 5.41) is 9.40. The van der Waals surface area contributed by atoms with Gasteiger partial charge < -0.3 is 9.88 Å². The molecule has 1 N–H and O–H groups in total. The number of carbonyl (C=O) groups excluding carboxylic acids is 2. The highest BCUT2D eigenvalue weighted by molar-refractivity contribution is 7.16. The van der Waals surface area contributed by atoms with Crippen LogP contribution in [0.25, 0.3) is 11.3 Å². The van der Waals surface area contributed by atoms with Crippen molar-refractivity contribution in [2.75, 3.05) is 5.32 Å². The van der Waals surface area contributed by atoms with Gasteiger partial charge in [0.05, 0.1) is 34.9 Å². The van der Waals surface area contributed by atoms with Crippen LogP contribution in [0.1, 0.15) is 40.8 Å². The number of rotatable bonds is 7. The molecule has 34 heavy (non-hydrogen) atoms. The minimum atomic E-state index is -0.660. The van der Waals surface area contributed by atoms with Gasteiger partial charge in [0.2, 0.25) is 0 Å². The highest BCUT2D eigenvalue weighted by Gasteiger charge is 2.27. The summed E-state index contributed by atoms with van der Waals surface area (Å²) in [5.41, 5.74) is 0.499. The Labute approximate surface area is 209 Å². The number of aromatic nitrogens is 4. The van der Waals surface area contributed by atoms with Gasteiger partial charge in [-0.3, -0.25) is 14.4 Å². The molecule has 0 bridgehead atoms. The van der Waals surface area contributed by atoms with E-state index in [1.807, 2.05) is 32.9 Å². The fourth-order valence-electron chi connectivity index (χ4n) is 3.13. The predicted octanol–water partition coefficient (Wildman–Crippen LogP) is 5.06. The molecular formula is C23H22ClN5O3S2. The van der Waals surface area contributed by atoms with E-state index in [4.69, 9.17) is 11.6 Å². The average Bonchev–Trinajstić information content (AvgIpc) is 3.53. The SMILES string of the molecule is CC(C)(C)C(=O)n1nc(-c2ccn(CC(=O)c3cnsc3)c(=O)c2)cc1NCc1ccc(Cl)s1. The maximum Gasteiger partial charge on any atom is 0.254 e. The number of carbonyl (C=O) groups is 2. The van der Waals surface area contributed by atoms with Gasteiger partial charge >= 0.3 is 0 Å². The van der Waals surface area contributed by atoms with Gasteiger partial charge in [-0.1, -0.05) is 32.4 Å². The van der Waals surface area contributed by atoms with Gasteiger partial charge in [-0.05, 0) is 29.7 Å². The number of hydrogen-bond donors (Lipinski definition) is 1. The number of halogens is 1. The van der Waals surface area contributed by atoms with Gasteiger partial charge in [-0.2, -0.15) is 9.78 Å². The summed E-state index contributed by atoms with van der Waals surface area (Å²) in [4.78, 5) is 39.1. The number of Topliss-reactive ketones (excluding diaryl/α,β-unsaturated/α-hetero) is 1. The van der Waals surface area contributed by atoms with Crippen molar-refractivity contribution in [3.05, 3.63) is 73.2 Å². The first-order valence-corrected chi connectivity index (χ1v) is 12.4. The van der Waals surface area contributed by atoms with E-state index in [9.17, 15) is 14.4 Å². The van der Waals surface area contributed by atoms with Crippen LogP contribution in [-0.2, 0) is 13.1 Å². The fourth-order valence-corrected chi connectivity index (χ4v) is 4.70. The van der Waals surface area contributed by atoms with Crippen LogP contribution in [0, 0.1) is 5.41 Å². The minimum Gasteiger partial charge on any atom is -0.365 e. The van der Waals surface area contributed by atoms with E-state index in [-0.39, 0.29) is 23.8 Å². The Hall–Kier alpha value is -3.08. The summed E-state index contributed by atoms with van der Waals surface area (Å²) in [5.74, 6) is 0.140. The van der Waals surface area contributed by atoms with Crippen molar-refractivity contribution >= 4 is 52.0 Å². The molecular weight excluding hydrogens is 494 g/mol. The molecule has 0 aliphatic rings. The number of pyridine rings is 1. The normalized spacial score (nSPS) is 11.5. The number of nitrogens with zero attached hydrogens (tertiary/aromatic N) is 4. The Morgan fingerprint density at radius 1 is 1.18 bits per heavy atom. The average molecular weight is 516 g/mol. The summed E-state index contributed by atoms with van der Waals surface area (Å²) in [6.45, 7) is 5.86. The Balaban J connectivity index is 1.62. The first-order valence-electron chi connectivity index (χ1n) is 10.4. The number of ketones is 1. The summed E-state index contributed by atoms with van der Waals surface area (Å²) in [7, 11) is 0. The van der Waals surface area contributed by atoms with Crippen molar-refractivity contribution in [2.45, 2.75) is 33.9 Å². The molecule has 4 aromatic heterocycles. The van der Waals surface area contributed by atoms with Crippen molar-refractivity contribution in [3.63, 3.8) is 0 Å². The molecule has 0 atom stereocenters. The third-order valence-electron chi connectivity index (χ3n) is 4.98. The largest absolute Gasteiger partial charge is 0.365 e.